The van der Waals surface area contributed by atoms with Gasteiger partial charge in [0.05, 0.1) is 16.3 Å². The van der Waals surface area contributed by atoms with E-state index in [-0.39, 0.29) is 34.8 Å². The lowest BCUT2D eigenvalue weighted by atomic mass is 9.88. The zero-order valence-electron chi connectivity index (χ0n) is 14.0. The third-order valence-corrected chi connectivity index (χ3v) is 7.17. The summed E-state index contributed by atoms with van der Waals surface area (Å²) >= 11 is 0. The molecule has 0 saturated carbocycles. The van der Waals surface area contributed by atoms with Crippen molar-refractivity contribution in [3.05, 3.63) is 28.7 Å². The number of carbonyl (C=O) groups is 1. The fraction of sp³-hybridized carbons (Fsp3) is 0.500. The maximum Gasteiger partial charge on any atom is 0.419 e. The fourth-order valence-electron chi connectivity index (χ4n) is 3.78. The van der Waals surface area contributed by atoms with E-state index in [9.17, 15) is 18.0 Å². The molecule has 0 unspecified atom stereocenters. The Morgan fingerprint density at radius 3 is 2.68 bits per heavy atom. The molecule has 2 aromatic rings. The molecule has 2 fully saturated rings. The molecule has 2 aliphatic rings. The highest BCUT2D eigenvalue weighted by atomic mass is 32.2. The number of hydrogen-bond donors (Lipinski definition) is 0. The number of fused-ring (bicyclic) bond motifs is 2. The summed E-state index contributed by atoms with van der Waals surface area (Å²) in [6, 6.07) is 4.42. The van der Waals surface area contributed by atoms with Gasteiger partial charge in [-0.1, -0.05) is 0 Å². The van der Waals surface area contributed by atoms with Crippen molar-refractivity contribution in [2.75, 3.05) is 26.7 Å². The van der Waals surface area contributed by atoms with Crippen LogP contribution in [0, 0.1) is 11.8 Å². The van der Waals surface area contributed by atoms with Gasteiger partial charge >= 0.3 is 5.76 Å². The molecule has 0 aliphatic carbocycles. The van der Waals surface area contributed by atoms with Crippen LogP contribution in [0.3, 0.4) is 0 Å². The molecular formula is C16H19N3O5S. The van der Waals surface area contributed by atoms with Crippen molar-refractivity contribution in [2.24, 2.45) is 18.9 Å². The van der Waals surface area contributed by atoms with Gasteiger partial charge in [-0.25, -0.2) is 13.2 Å². The van der Waals surface area contributed by atoms with Crippen molar-refractivity contribution in [1.29, 1.82) is 0 Å². The Labute approximate surface area is 144 Å². The van der Waals surface area contributed by atoms with Crippen molar-refractivity contribution in [3.8, 4) is 0 Å². The van der Waals surface area contributed by atoms with E-state index >= 15 is 0 Å². The third kappa shape index (κ3) is 2.41. The van der Waals surface area contributed by atoms with Crippen LogP contribution in [-0.2, 0) is 21.9 Å². The van der Waals surface area contributed by atoms with Crippen LogP contribution < -0.4 is 5.76 Å². The summed E-state index contributed by atoms with van der Waals surface area (Å²) in [7, 11) is -0.425. The summed E-state index contributed by atoms with van der Waals surface area (Å²) in [6.45, 7) is 1.21. The van der Waals surface area contributed by atoms with Crippen LogP contribution in [0.2, 0.25) is 0 Å². The number of aromatic nitrogens is 1. The molecule has 1 amide bonds. The molecule has 0 spiro atoms. The summed E-state index contributed by atoms with van der Waals surface area (Å²) in [5, 5.41) is 0. The van der Waals surface area contributed by atoms with Crippen molar-refractivity contribution in [2.45, 2.75) is 11.3 Å². The first-order valence-corrected chi connectivity index (χ1v) is 9.58. The Bertz CT molecular complexity index is 1020. The van der Waals surface area contributed by atoms with Gasteiger partial charge in [0.15, 0.2) is 5.58 Å². The van der Waals surface area contributed by atoms with E-state index in [0.29, 0.717) is 18.6 Å². The van der Waals surface area contributed by atoms with Crippen molar-refractivity contribution < 1.29 is 17.6 Å². The highest BCUT2D eigenvalue weighted by Gasteiger charge is 2.45. The maximum atomic E-state index is 13.0. The molecule has 0 bridgehead atoms. The summed E-state index contributed by atoms with van der Waals surface area (Å²) in [5.74, 6) is -0.729. The standard InChI is InChI=1S/C16H19N3O5S/c1-17-6-5-10-8-19(9-12(10)15(17)20)25(22,23)11-3-4-13-14(7-11)24-16(21)18(13)2/h3-4,7,10,12H,5-6,8-9H2,1-2H3/t10-,12+/m1/s1. The molecule has 2 aliphatic heterocycles. The highest BCUT2D eigenvalue weighted by Crippen LogP contribution is 2.35. The lowest BCUT2D eigenvalue weighted by Gasteiger charge is -2.30. The van der Waals surface area contributed by atoms with E-state index in [2.05, 4.69) is 0 Å². The minimum atomic E-state index is -3.74. The zero-order valence-corrected chi connectivity index (χ0v) is 14.8. The molecule has 134 valence electrons. The maximum absolute atomic E-state index is 13.0. The van der Waals surface area contributed by atoms with E-state index in [0.717, 1.165) is 6.42 Å². The van der Waals surface area contributed by atoms with Gasteiger partial charge in [-0.05, 0) is 24.5 Å². The average Bonchev–Trinajstić information content (AvgIpc) is 3.14. The second kappa shape index (κ2) is 5.43. The van der Waals surface area contributed by atoms with Gasteiger partial charge in [-0.15, -0.1) is 0 Å². The molecule has 25 heavy (non-hydrogen) atoms. The SMILES string of the molecule is CN1CC[C@@H]2CN(S(=O)(=O)c3ccc4c(c3)oc(=O)n4C)C[C@@H]2C1=O. The van der Waals surface area contributed by atoms with E-state index < -0.39 is 15.8 Å². The van der Waals surface area contributed by atoms with Gasteiger partial charge < -0.3 is 9.32 Å². The summed E-state index contributed by atoms with van der Waals surface area (Å²) < 4.78 is 33.7. The predicted octanol–water partition coefficient (Wildman–Crippen LogP) is 0.230. The number of likely N-dealkylation sites (tertiary alicyclic amines) is 1. The van der Waals surface area contributed by atoms with Crippen molar-refractivity contribution >= 4 is 27.0 Å². The van der Waals surface area contributed by atoms with Crippen LogP contribution in [0.25, 0.3) is 11.1 Å². The zero-order chi connectivity index (χ0) is 17.9. The lowest BCUT2D eigenvalue weighted by Crippen LogP contribution is -2.42. The normalized spacial score (nSPS) is 24.9. The predicted molar refractivity (Wildman–Crippen MR) is 89.4 cm³/mol. The fourth-order valence-corrected chi connectivity index (χ4v) is 5.32. The van der Waals surface area contributed by atoms with Crippen LogP contribution in [-0.4, -0.2) is 54.8 Å². The first-order valence-electron chi connectivity index (χ1n) is 8.14. The van der Waals surface area contributed by atoms with Crippen LogP contribution in [0.15, 0.2) is 32.3 Å². The quantitative estimate of drug-likeness (QED) is 0.760. The summed E-state index contributed by atoms with van der Waals surface area (Å²) in [6.07, 6.45) is 0.811. The van der Waals surface area contributed by atoms with Gasteiger partial charge in [0, 0.05) is 39.8 Å². The Hall–Kier alpha value is -2.13. The number of benzene rings is 1. The molecule has 2 saturated heterocycles. The number of rotatable bonds is 2. The molecule has 1 aromatic carbocycles. The first-order chi connectivity index (χ1) is 11.8. The van der Waals surface area contributed by atoms with Crippen LogP contribution >= 0.6 is 0 Å². The second-order valence-corrected chi connectivity index (χ2v) is 8.73. The number of piperidine rings is 1. The smallest absolute Gasteiger partial charge is 0.408 e. The molecule has 9 heteroatoms. The molecule has 2 atom stereocenters. The van der Waals surface area contributed by atoms with Gasteiger partial charge in [0.2, 0.25) is 15.9 Å². The first kappa shape index (κ1) is 16.3. The van der Waals surface area contributed by atoms with Gasteiger partial charge in [-0.2, -0.15) is 4.31 Å². The molecule has 3 heterocycles. The van der Waals surface area contributed by atoms with Crippen LogP contribution in [0.5, 0.6) is 0 Å². The average molecular weight is 365 g/mol. The monoisotopic (exact) mass is 365 g/mol. The number of nitrogens with zero attached hydrogens (tertiary/aromatic N) is 3. The molecule has 4 rings (SSSR count). The minimum absolute atomic E-state index is 0.0125. The van der Waals surface area contributed by atoms with Gasteiger partial charge in [0.25, 0.3) is 0 Å². The Balaban J connectivity index is 1.68. The van der Waals surface area contributed by atoms with E-state index in [1.54, 1.807) is 25.1 Å². The summed E-state index contributed by atoms with van der Waals surface area (Å²) in [4.78, 5) is 25.6. The lowest BCUT2D eigenvalue weighted by molar-refractivity contribution is -0.137. The van der Waals surface area contributed by atoms with Crippen molar-refractivity contribution in [3.63, 3.8) is 0 Å². The second-order valence-electron chi connectivity index (χ2n) is 6.79. The number of aryl methyl sites for hydroxylation is 1. The van der Waals surface area contributed by atoms with Crippen LogP contribution in [0.4, 0.5) is 0 Å². The molecule has 8 nitrogen and oxygen atoms in total. The number of carbonyl (C=O) groups excluding carboxylic acids is 1. The Morgan fingerprint density at radius 2 is 1.92 bits per heavy atom. The van der Waals surface area contributed by atoms with E-state index in [1.165, 1.54) is 21.0 Å². The van der Waals surface area contributed by atoms with E-state index in [1.807, 2.05) is 0 Å². The number of oxazole rings is 1. The third-order valence-electron chi connectivity index (χ3n) is 5.34. The molecule has 0 radical (unpaired) electrons. The largest absolute Gasteiger partial charge is 0.419 e. The Morgan fingerprint density at radius 1 is 1.16 bits per heavy atom. The Kier molecular flexibility index (Phi) is 3.55. The van der Waals surface area contributed by atoms with Crippen molar-refractivity contribution in [1.82, 2.24) is 13.8 Å². The van der Waals surface area contributed by atoms with Gasteiger partial charge in [-0.3, -0.25) is 9.36 Å². The number of hydrogen-bond acceptors (Lipinski definition) is 5. The van der Waals surface area contributed by atoms with Gasteiger partial charge in [0.1, 0.15) is 0 Å². The topological polar surface area (TPSA) is 92.8 Å². The molecule has 0 N–H and O–H groups in total. The van der Waals surface area contributed by atoms with Crippen LogP contribution in [0.1, 0.15) is 6.42 Å². The number of sulfonamides is 1. The summed E-state index contributed by atoms with van der Waals surface area (Å²) in [5.41, 5.74) is 0.775. The van der Waals surface area contributed by atoms with E-state index in [4.69, 9.17) is 4.42 Å². The number of amides is 1. The highest BCUT2D eigenvalue weighted by molar-refractivity contribution is 7.89. The molecular weight excluding hydrogens is 346 g/mol. The minimum Gasteiger partial charge on any atom is -0.408 e. The molecule has 1 aromatic heterocycles.